The SMILES string of the molecule is CCC(C)NC(=O)CNS(=O)(=O)c1ccc(Br)cc1. The average molecular weight is 349 g/mol. The summed E-state index contributed by atoms with van der Waals surface area (Å²) in [6.45, 7) is 3.54. The molecule has 0 bridgehead atoms. The second kappa shape index (κ2) is 7.02. The number of halogens is 1. The predicted molar refractivity (Wildman–Crippen MR) is 77.2 cm³/mol. The lowest BCUT2D eigenvalue weighted by Gasteiger charge is -2.12. The molecule has 1 atom stereocenters. The summed E-state index contributed by atoms with van der Waals surface area (Å²) in [5.41, 5.74) is 0. The van der Waals surface area contributed by atoms with Crippen molar-refractivity contribution in [1.29, 1.82) is 0 Å². The highest BCUT2D eigenvalue weighted by Gasteiger charge is 2.15. The van der Waals surface area contributed by atoms with Crippen molar-refractivity contribution in [3.8, 4) is 0 Å². The third kappa shape index (κ3) is 5.30. The molecular weight excluding hydrogens is 332 g/mol. The molecular formula is C12H17BrN2O3S. The first-order chi connectivity index (χ1) is 8.85. The Balaban J connectivity index is 2.61. The van der Waals surface area contributed by atoms with E-state index in [9.17, 15) is 13.2 Å². The summed E-state index contributed by atoms with van der Waals surface area (Å²) in [6, 6.07) is 6.24. The van der Waals surface area contributed by atoms with Gasteiger partial charge < -0.3 is 5.32 Å². The third-order valence-electron chi connectivity index (χ3n) is 2.57. The summed E-state index contributed by atoms with van der Waals surface area (Å²) in [5, 5.41) is 2.69. The third-order valence-corrected chi connectivity index (χ3v) is 4.51. The fourth-order valence-electron chi connectivity index (χ4n) is 1.29. The van der Waals surface area contributed by atoms with Gasteiger partial charge in [0.2, 0.25) is 15.9 Å². The number of benzene rings is 1. The van der Waals surface area contributed by atoms with Gasteiger partial charge in [0.15, 0.2) is 0 Å². The van der Waals surface area contributed by atoms with E-state index in [2.05, 4.69) is 26.0 Å². The van der Waals surface area contributed by atoms with Crippen LogP contribution < -0.4 is 10.0 Å². The van der Waals surface area contributed by atoms with Crippen LogP contribution in [0.3, 0.4) is 0 Å². The number of carbonyl (C=O) groups is 1. The molecule has 2 N–H and O–H groups in total. The second-order valence-electron chi connectivity index (χ2n) is 4.16. The van der Waals surface area contributed by atoms with Crippen molar-refractivity contribution in [1.82, 2.24) is 10.0 Å². The molecule has 0 saturated heterocycles. The predicted octanol–water partition coefficient (Wildman–Crippen LogP) is 1.64. The largest absolute Gasteiger partial charge is 0.353 e. The first-order valence-electron chi connectivity index (χ1n) is 5.89. The maximum atomic E-state index is 11.9. The van der Waals surface area contributed by atoms with Crippen LogP contribution in [0.25, 0.3) is 0 Å². The van der Waals surface area contributed by atoms with Crippen LogP contribution in [0.15, 0.2) is 33.6 Å². The van der Waals surface area contributed by atoms with Gasteiger partial charge in [-0.3, -0.25) is 4.79 Å². The second-order valence-corrected chi connectivity index (χ2v) is 6.84. The van der Waals surface area contributed by atoms with Crippen LogP contribution in [-0.2, 0) is 14.8 Å². The van der Waals surface area contributed by atoms with E-state index in [0.717, 1.165) is 10.9 Å². The number of amides is 1. The summed E-state index contributed by atoms with van der Waals surface area (Å²) < 4.78 is 26.9. The van der Waals surface area contributed by atoms with Crippen molar-refractivity contribution in [3.05, 3.63) is 28.7 Å². The lowest BCUT2D eigenvalue weighted by atomic mass is 10.2. The molecule has 0 aliphatic carbocycles. The molecule has 1 aromatic rings. The first-order valence-corrected chi connectivity index (χ1v) is 8.17. The molecule has 7 heteroatoms. The molecule has 0 fully saturated rings. The fraction of sp³-hybridized carbons (Fsp3) is 0.417. The molecule has 0 aromatic heterocycles. The summed E-state index contributed by atoms with van der Waals surface area (Å²) >= 11 is 3.23. The molecule has 19 heavy (non-hydrogen) atoms. The zero-order valence-corrected chi connectivity index (χ0v) is 13.2. The Morgan fingerprint density at radius 2 is 1.89 bits per heavy atom. The molecule has 1 amide bonds. The van der Waals surface area contributed by atoms with Gasteiger partial charge in [-0.15, -0.1) is 0 Å². The highest BCUT2D eigenvalue weighted by Crippen LogP contribution is 2.14. The van der Waals surface area contributed by atoms with Crippen molar-refractivity contribution in [2.75, 3.05) is 6.54 Å². The Hall–Kier alpha value is -0.920. The van der Waals surface area contributed by atoms with E-state index in [0.29, 0.717) is 0 Å². The van der Waals surface area contributed by atoms with Crippen molar-refractivity contribution >= 4 is 31.9 Å². The van der Waals surface area contributed by atoms with Crippen molar-refractivity contribution < 1.29 is 13.2 Å². The molecule has 0 aliphatic rings. The molecule has 1 unspecified atom stereocenters. The van der Waals surface area contributed by atoms with E-state index in [1.165, 1.54) is 12.1 Å². The van der Waals surface area contributed by atoms with Crippen LogP contribution in [0.2, 0.25) is 0 Å². The molecule has 0 heterocycles. The minimum absolute atomic E-state index is 0.0321. The van der Waals surface area contributed by atoms with E-state index in [1.54, 1.807) is 12.1 Å². The van der Waals surface area contributed by atoms with Crippen molar-refractivity contribution in [2.24, 2.45) is 0 Å². The zero-order valence-electron chi connectivity index (χ0n) is 10.8. The minimum Gasteiger partial charge on any atom is -0.353 e. The maximum Gasteiger partial charge on any atom is 0.241 e. The van der Waals surface area contributed by atoms with Gasteiger partial charge in [0.1, 0.15) is 0 Å². The van der Waals surface area contributed by atoms with Gasteiger partial charge in [0.05, 0.1) is 11.4 Å². The molecule has 0 radical (unpaired) electrons. The smallest absolute Gasteiger partial charge is 0.241 e. The highest BCUT2D eigenvalue weighted by molar-refractivity contribution is 9.10. The molecule has 1 aromatic carbocycles. The molecule has 1 rings (SSSR count). The van der Waals surface area contributed by atoms with Crippen molar-refractivity contribution in [2.45, 2.75) is 31.2 Å². The fourth-order valence-corrected chi connectivity index (χ4v) is 2.53. The van der Waals surface area contributed by atoms with Crippen LogP contribution >= 0.6 is 15.9 Å². The van der Waals surface area contributed by atoms with E-state index >= 15 is 0 Å². The van der Waals surface area contributed by atoms with Gasteiger partial charge >= 0.3 is 0 Å². The van der Waals surface area contributed by atoms with E-state index in [4.69, 9.17) is 0 Å². The van der Waals surface area contributed by atoms with Crippen molar-refractivity contribution in [3.63, 3.8) is 0 Å². The molecule has 0 spiro atoms. The lowest BCUT2D eigenvalue weighted by molar-refractivity contribution is -0.120. The Morgan fingerprint density at radius 1 is 1.32 bits per heavy atom. The maximum absolute atomic E-state index is 11.9. The zero-order chi connectivity index (χ0) is 14.5. The monoisotopic (exact) mass is 348 g/mol. The average Bonchev–Trinajstić information content (AvgIpc) is 2.37. The molecule has 0 aliphatic heterocycles. The topological polar surface area (TPSA) is 75.3 Å². The Bertz CT molecular complexity index is 528. The Labute approximate surface area is 122 Å². The standard InChI is InChI=1S/C12H17BrN2O3S/c1-3-9(2)15-12(16)8-14-19(17,18)11-6-4-10(13)5-7-11/h4-7,9,14H,3,8H2,1-2H3,(H,15,16). The highest BCUT2D eigenvalue weighted by atomic mass is 79.9. The summed E-state index contributed by atoms with van der Waals surface area (Å²) in [5.74, 6) is -0.338. The number of carbonyl (C=O) groups excluding carboxylic acids is 1. The number of hydrogen-bond donors (Lipinski definition) is 2. The Morgan fingerprint density at radius 3 is 2.42 bits per heavy atom. The van der Waals surface area contributed by atoms with E-state index in [1.807, 2.05) is 13.8 Å². The minimum atomic E-state index is -3.65. The van der Waals surface area contributed by atoms with E-state index < -0.39 is 10.0 Å². The normalized spacial score (nSPS) is 13.0. The lowest BCUT2D eigenvalue weighted by Crippen LogP contribution is -2.40. The van der Waals surface area contributed by atoms with Crippen LogP contribution in [-0.4, -0.2) is 26.9 Å². The number of nitrogens with one attached hydrogen (secondary N) is 2. The van der Waals surface area contributed by atoms with E-state index in [-0.39, 0.29) is 23.4 Å². The van der Waals surface area contributed by atoms with Crippen LogP contribution in [0.5, 0.6) is 0 Å². The number of rotatable bonds is 6. The summed E-state index contributed by atoms with van der Waals surface area (Å²) in [7, 11) is -3.65. The van der Waals surface area contributed by atoms with Gasteiger partial charge in [-0.25, -0.2) is 13.1 Å². The quantitative estimate of drug-likeness (QED) is 0.820. The number of hydrogen-bond acceptors (Lipinski definition) is 3. The summed E-state index contributed by atoms with van der Waals surface area (Å²) in [6.07, 6.45) is 0.797. The van der Waals surface area contributed by atoms with Gasteiger partial charge in [-0.2, -0.15) is 0 Å². The van der Waals surface area contributed by atoms with Crippen LogP contribution in [0.1, 0.15) is 20.3 Å². The van der Waals surface area contributed by atoms with Gasteiger partial charge in [-0.1, -0.05) is 22.9 Å². The van der Waals surface area contributed by atoms with Crippen LogP contribution in [0, 0.1) is 0 Å². The summed E-state index contributed by atoms with van der Waals surface area (Å²) in [4.78, 5) is 11.6. The van der Waals surface area contributed by atoms with Gasteiger partial charge in [-0.05, 0) is 37.6 Å². The Kier molecular flexibility index (Phi) is 5.96. The van der Waals surface area contributed by atoms with Gasteiger partial charge in [0.25, 0.3) is 0 Å². The molecule has 5 nitrogen and oxygen atoms in total. The molecule has 0 saturated carbocycles. The van der Waals surface area contributed by atoms with Gasteiger partial charge in [0, 0.05) is 10.5 Å². The van der Waals surface area contributed by atoms with Crippen LogP contribution in [0.4, 0.5) is 0 Å². The number of sulfonamides is 1. The molecule has 106 valence electrons. The first kappa shape index (κ1) is 16.1.